The highest BCUT2D eigenvalue weighted by molar-refractivity contribution is 6.31. The van der Waals surface area contributed by atoms with E-state index in [9.17, 15) is 14.3 Å². The third kappa shape index (κ3) is 2.27. The number of phenolic OH excluding ortho intramolecular Hbond substituents is 1. The lowest BCUT2D eigenvalue weighted by atomic mass is 10.2. The summed E-state index contributed by atoms with van der Waals surface area (Å²) in [6.07, 6.45) is 0. The molecule has 0 aliphatic rings. The van der Waals surface area contributed by atoms with E-state index in [1.54, 1.807) is 25.2 Å². The second-order valence-electron chi connectivity index (χ2n) is 4.63. The van der Waals surface area contributed by atoms with Crippen LogP contribution in [0.3, 0.4) is 0 Å². The third-order valence-corrected chi connectivity index (χ3v) is 3.51. The fourth-order valence-corrected chi connectivity index (χ4v) is 2.45. The Hall–Kier alpha value is -2.60. The maximum absolute atomic E-state index is 13.2. The van der Waals surface area contributed by atoms with Crippen molar-refractivity contribution in [3.63, 3.8) is 0 Å². The van der Waals surface area contributed by atoms with Crippen LogP contribution >= 0.6 is 11.6 Å². The zero-order valence-electron chi connectivity index (χ0n) is 11.5. The smallest absolute Gasteiger partial charge is 0.354 e. The van der Waals surface area contributed by atoms with Gasteiger partial charge in [-0.05, 0) is 30.3 Å². The molecule has 0 aliphatic carbocycles. The van der Waals surface area contributed by atoms with E-state index in [-0.39, 0.29) is 0 Å². The number of hydrogen-bond donors (Lipinski definition) is 2. The van der Waals surface area contributed by atoms with Gasteiger partial charge in [0.15, 0.2) is 11.6 Å². The largest absolute Gasteiger partial charge is 0.505 e. The van der Waals surface area contributed by atoms with Crippen LogP contribution in [0.2, 0.25) is 5.02 Å². The first-order valence-corrected chi connectivity index (χ1v) is 6.78. The lowest BCUT2D eigenvalue weighted by Gasteiger charge is -2.13. The van der Waals surface area contributed by atoms with Gasteiger partial charge in [-0.2, -0.15) is 4.98 Å². The zero-order chi connectivity index (χ0) is 15.9. The Kier molecular flexibility index (Phi) is 3.46. The molecule has 112 valence electrons. The van der Waals surface area contributed by atoms with E-state index in [1.807, 2.05) is 0 Å². The second kappa shape index (κ2) is 5.31. The number of aromatic hydroxyl groups is 1. The van der Waals surface area contributed by atoms with E-state index in [0.29, 0.717) is 27.4 Å². The summed E-state index contributed by atoms with van der Waals surface area (Å²) in [6, 6.07) is 8.66. The first-order chi connectivity index (χ1) is 10.5. The van der Waals surface area contributed by atoms with Gasteiger partial charge in [-0.25, -0.2) is 9.18 Å². The fourth-order valence-electron chi connectivity index (χ4n) is 2.28. The molecule has 3 rings (SSSR count). The molecule has 5 nitrogen and oxygen atoms in total. The number of phenols is 1. The summed E-state index contributed by atoms with van der Waals surface area (Å²) in [4.78, 5) is 16.3. The van der Waals surface area contributed by atoms with Crippen LogP contribution in [0.1, 0.15) is 0 Å². The summed E-state index contributed by atoms with van der Waals surface area (Å²) in [5.74, 6) is -0.893. The second-order valence-corrected chi connectivity index (χ2v) is 5.06. The Balaban J connectivity index is 2.42. The molecule has 22 heavy (non-hydrogen) atoms. The van der Waals surface area contributed by atoms with Gasteiger partial charge in [-0.15, -0.1) is 0 Å². The molecule has 0 saturated heterocycles. The van der Waals surface area contributed by atoms with Gasteiger partial charge in [0.25, 0.3) is 0 Å². The monoisotopic (exact) mass is 319 g/mol. The van der Waals surface area contributed by atoms with Crippen LogP contribution in [0.5, 0.6) is 5.75 Å². The minimum Gasteiger partial charge on any atom is -0.505 e. The SMILES string of the molecule is CNc1nc(=O)n(-c2ccc(F)c(O)c2)c2cc(Cl)ccc12. The lowest BCUT2D eigenvalue weighted by Crippen LogP contribution is -2.23. The van der Waals surface area contributed by atoms with Crippen molar-refractivity contribution < 1.29 is 9.50 Å². The third-order valence-electron chi connectivity index (χ3n) is 3.28. The average Bonchev–Trinajstić information content (AvgIpc) is 2.49. The van der Waals surface area contributed by atoms with Crippen LogP contribution in [0.15, 0.2) is 41.2 Å². The summed E-state index contributed by atoms with van der Waals surface area (Å²) in [5.41, 5.74) is 0.235. The number of anilines is 1. The predicted octanol–water partition coefficient (Wildman–Crippen LogP) is 2.93. The Morgan fingerprint density at radius 1 is 1.27 bits per heavy atom. The van der Waals surface area contributed by atoms with Gasteiger partial charge < -0.3 is 10.4 Å². The lowest BCUT2D eigenvalue weighted by molar-refractivity contribution is 0.432. The number of hydrogen-bond acceptors (Lipinski definition) is 4. The van der Waals surface area contributed by atoms with Crippen molar-refractivity contribution in [2.75, 3.05) is 12.4 Å². The van der Waals surface area contributed by atoms with Gasteiger partial charge >= 0.3 is 5.69 Å². The molecule has 7 heteroatoms. The summed E-state index contributed by atoms with van der Waals surface area (Å²) < 4.78 is 14.5. The van der Waals surface area contributed by atoms with E-state index in [1.165, 1.54) is 10.6 Å². The summed E-state index contributed by atoms with van der Waals surface area (Å²) in [5, 5.41) is 13.5. The molecular formula is C15H11ClFN3O2. The Morgan fingerprint density at radius 3 is 2.73 bits per heavy atom. The van der Waals surface area contributed by atoms with Gasteiger partial charge in [0, 0.05) is 23.5 Å². The van der Waals surface area contributed by atoms with Crippen molar-refractivity contribution in [1.82, 2.24) is 9.55 Å². The van der Waals surface area contributed by atoms with E-state index in [4.69, 9.17) is 11.6 Å². The van der Waals surface area contributed by atoms with Crippen molar-refractivity contribution >= 4 is 28.3 Å². The highest BCUT2D eigenvalue weighted by Crippen LogP contribution is 2.26. The molecule has 0 bridgehead atoms. The van der Waals surface area contributed by atoms with Crippen LogP contribution < -0.4 is 11.0 Å². The molecule has 0 aliphatic heterocycles. The number of benzene rings is 2. The van der Waals surface area contributed by atoms with Crippen LogP contribution in [0, 0.1) is 5.82 Å². The number of halogens is 2. The average molecular weight is 320 g/mol. The molecule has 0 radical (unpaired) electrons. The Morgan fingerprint density at radius 2 is 2.05 bits per heavy atom. The fraction of sp³-hybridized carbons (Fsp3) is 0.0667. The summed E-state index contributed by atoms with van der Waals surface area (Å²) in [7, 11) is 1.66. The van der Waals surface area contributed by atoms with Crippen molar-refractivity contribution in [3.05, 3.63) is 57.7 Å². The van der Waals surface area contributed by atoms with Gasteiger partial charge in [0.1, 0.15) is 5.82 Å². The molecule has 2 aromatic carbocycles. The van der Waals surface area contributed by atoms with Crippen LogP contribution in [-0.2, 0) is 0 Å². The Labute approximate surface area is 129 Å². The molecule has 0 spiro atoms. The zero-order valence-corrected chi connectivity index (χ0v) is 12.2. The van der Waals surface area contributed by atoms with Crippen LogP contribution in [0.4, 0.5) is 10.2 Å². The van der Waals surface area contributed by atoms with Crippen LogP contribution in [0.25, 0.3) is 16.6 Å². The molecule has 0 fully saturated rings. The van der Waals surface area contributed by atoms with E-state index in [2.05, 4.69) is 10.3 Å². The quantitative estimate of drug-likeness (QED) is 0.762. The molecule has 3 aromatic rings. The molecule has 2 N–H and O–H groups in total. The van der Waals surface area contributed by atoms with Gasteiger partial charge in [-0.3, -0.25) is 4.57 Å². The van der Waals surface area contributed by atoms with Gasteiger partial charge in [0.05, 0.1) is 11.2 Å². The summed E-state index contributed by atoms with van der Waals surface area (Å²) in [6.45, 7) is 0. The minimum absolute atomic E-state index is 0.298. The normalized spacial score (nSPS) is 10.9. The molecule has 0 unspecified atom stereocenters. The molecule has 0 atom stereocenters. The topological polar surface area (TPSA) is 67.2 Å². The molecule has 0 amide bonds. The molecular weight excluding hydrogens is 309 g/mol. The standard InChI is InChI=1S/C15H11ClFN3O2/c1-18-14-10-4-2-8(16)6-12(10)20(15(22)19-14)9-3-5-11(17)13(21)7-9/h2-7,21H,1H3,(H,18,19,22). The van der Waals surface area contributed by atoms with Gasteiger partial charge in [-0.1, -0.05) is 11.6 Å². The van der Waals surface area contributed by atoms with Gasteiger partial charge in [0.2, 0.25) is 0 Å². The van der Waals surface area contributed by atoms with Crippen LogP contribution in [-0.4, -0.2) is 21.7 Å². The molecule has 1 heterocycles. The van der Waals surface area contributed by atoms with E-state index in [0.717, 1.165) is 12.1 Å². The van der Waals surface area contributed by atoms with Crippen molar-refractivity contribution in [2.24, 2.45) is 0 Å². The highest BCUT2D eigenvalue weighted by Gasteiger charge is 2.13. The van der Waals surface area contributed by atoms with E-state index < -0.39 is 17.3 Å². The number of fused-ring (bicyclic) bond motifs is 1. The highest BCUT2D eigenvalue weighted by atomic mass is 35.5. The van der Waals surface area contributed by atoms with Crippen molar-refractivity contribution in [1.29, 1.82) is 0 Å². The maximum atomic E-state index is 13.2. The van der Waals surface area contributed by atoms with Crippen molar-refractivity contribution in [3.8, 4) is 11.4 Å². The predicted molar refractivity (Wildman–Crippen MR) is 83.5 cm³/mol. The summed E-state index contributed by atoms with van der Waals surface area (Å²) >= 11 is 6.02. The number of nitrogens with one attached hydrogen (secondary N) is 1. The first kappa shape index (κ1) is 14.3. The maximum Gasteiger partial charge on any atom is 0.354 e. The number of rotatable bonds is 2. The minimum atomic E-state index is -0.765. The van der Waals surface area contributed by atoms with E-state index >= 15 is 0 Å². The Bertz CT molecular complexity index is 940. The molecule has 1 aromatic heterocycles. The molecule has 0 saturated carbocycles. The number of nitrogens with zero attached hydrogens (tertiary/aromatic N) is 2. The van der Waals surface area contributed by atoms with Crippen molar-refractivity contribution in [2.45, 2.75) is 0 Å². The number of aromatic nitrogens is 2. The first-order valence-electron chi connectivity index (χ1n) is 6.40.